The Hall–Kier alpha value is -3.45. The van der Waals surface area contributed by atoms with Crippen molar-refractivity contribution in [1.29, 1.82) is 0 Å². The zero-order valence-corrected chi connectivity index (χ0v) is 14.5. The summed E-state index contributed by atoms with van der Waals surface area (Å²) in [6.45, 7) is 0.121. The maximum absolute atomic E-state index is 12.5. The molecule has 0 fully saturated rings. The minimum Gasteiger partial charge on any atom is -0.247 e. The Morgan fingerprint density at radius 2 is 0.815 bits per heavy atom. The summed E-state index contributed by atoms with van der Waals surface area (Å²) in [6, 6.07) is 0. The summed E-state index contributed by atoms with van der Waals surface area (Å²) in [4.78, 5) is 77.8. The zero-order chi connectivity index (χ0) is 20.1. The number of isocyanates is 3. The Balaban J connectivity index is 3.25. The molecule has 0 amide bonds. The van der Waals surface area contributed by atoms with Gasteiger partial charge in [0, 0.05) is 19.6 Å². The Morgan fingerprint density at radius 3 is 1.04 bits per heavy atom. The number of aliphatic imine (C=N–C) groups is 3. The second kappa shape index (κ2) is 12.0. The number of hydrogen-bond acceptors (Lipinski definition) is 9. The summed E-state index contributed by atoms with van der Waals surface area (Å²) in [5.74, 6) is 0. The number of nitrogens with zero attached hydrogens (tertiary/aromatic N) is 6. The van der Waals surface area contributed by atoms with Gasteiger partial charge in [-0.05, 0) is 19.3 Å². The second-order valence-electron chi connectivity index (χ2n) is 5.28. The van der Waals surface area contributed by atoms with Gasteiger partial charge >= 0.3 is 17.1 Å². The molecule has 0 aliphatic carbocycles. The first-order chi connectivity index (χ1) is 13.1. The van der Waals surface area contributed by atoms with E-state index >= 15 is 0 Å². The van der Waals surface area contributed by atoms with Gasteiger partial charge in [0.1, 0.15) is 0 Å². The quantitative estimate of drug-likeness (QED) is 0.241. The predicted octanol–water partition coefficient (Wildman–Crippen LogP) is -1.65. The lowest BCUT2D eigenvalue weighted by Crippen LogP contribution is -2.54. The molecule has 12 heteroatoms. The molecule has 0 saturated carbocycles. The van der Waals surface area contributed by atoms with Gasteiger partial charge in [0.05, 0.1) is 19.6 Å². The van der Waals surface area contributed by atoms with E-state index in [2.05, 4.69) is 15.0 Å². The van der Waals surface area contributed by atoms with Crippen LogP contribution in [0.4, 0.5) is 0 Å². The van der Waals surface area contributed by atoms with Crippen LogP contribution < -0.4 is 17.1 Å². The van der Waals surface area contributed by atoms with Crippen LogP contribution in [0.2, 0.25) is 0 Å². The van der Waals surface area contributed by atoms with Crippen LogP contribution in [0.25, 0.3) is 0 Å². The van der Waals surface area contributed by atoms with Gasteiger partial charge in [-0.1, -0.05) is 0 Å². The highest BCUT2D eigenvalue weighted by molar-refractivity contribution is 5.33. The van der Waals surface area contributed by atoms with E-state index in [9.17, 15) is 28.8 Å². The maximum atomic E-state index is 12.5. The molecule has 0 aliphatic heterocycles. The Kier molecular flexibility index (Phi) is 9.59. The van der Waals surface area contributed by atoms with E-state index in [1.54, 1.807) is 0 Å². The molecule has 1 aromatic heterocycles. The molecule has 1 heterocycles. The van der Waals surface area contributed by atoms with Crippen LogP contribution >= 0.6 is 0 Å². The van der Waals surface area contributed by atoms with E-state index in [1.165, 1.54) is 18.2 Å². The third kappa shape index (κ3) is 6.41. The summed E-state index contributed by atoms with van der Waals surface area (Å²) in [5.41, 5.74) is -2.38. The van der Waals surface area contributed by atoms with Crippen LogP contribution in [0, 0.1) is 0 Å². The molecule has 12 nitrogen and oxygen atoms in total. The average Bonchev–Trinajstić information content (AvgIpc) is 2.66. The van der Waals surface area contributed by atoms with Gasteiger partial charge in [0.2, 0.25) is 18.2 Å². The highest BCUT2D eigenvalue weighted by Crippen LogP contribution is 1.89. The Labute approximate surface area is 152 Å². The smallest absolute Gasteiger partial charge is 0.247 e. The molecule has 144 valence electrons. The van der Waals surface area contributed by atoms with Gasteiger partial charge in [-0.25, -0.2) is 57.4 Å². The summed E-state index contributed by atoms with van der Waals surface area (Å²) >= 11 is 0. The molecule has 0 saturated heterocycles. The molecule has 0 aliphatic rings. The predicted molar refractivity (Wildman–Crippen MR) is 92.0 cm³/mol. The molecule has 1 aromatic rings. The van der Waals surface area contributed by atoms with E-state index in [-0.39, 0.29) is 58.5 Å². The minimum atomic E-state index is -0.794. The summed E-state index contributed by atoms with van der Waals surface area (Å²) in [7, 11) is 0. The topological polar surface area (TPSA) is 154 Å². The van der Waals surface area contributed by atoms with Crippen molar-refractivity contribution in [2.75, 3.05) is 19.6 Å². The fourth-order valence-electron chi connectivity index (χ4n) is 2.32. The molecule has 0 N–H and O–H groups in total. The SMILES string of the molecule is O=C=NCCCn1c(=O)n(CCCN=C=O)c(=O)n(CCCN=C=O)c1=O. The number of aromatic nitrogens is 3. The second-order valence-corrected chi connectivity index (χ2v) is 5.28. The summed E-state index contributed by atoms with van der Waals surface area (Å²) < 4.78 is 2.65. The van der Waals surface area contributed by atoms with E-state index in [0.29, 0.717) is 0 Å². The monoisotopic (exact) mass is 378 g/mol. The van der Waals surface area contributed by atoms with Crippen LogP contribution in [-0.2, 0) is 34.0 Å². The highest BCUT2D eigenvalue weighted by atomic mass is 16.2. The van der Waals surface area contributed by atoms with Crippen molar-refractivity contribution >= 4 is 18.2 Å². The van der Waals surface area contributed by atoms with Crippen molar-refractivity contribution < 1.29 is 14.4 Å². The van der Waals surface area contributed by atoms with Crippen LogP contribution in [0.3, 0.4) is 0 Å². The summed E-state index contributed by atoms with van der Waals surface area (Å²) in [5, 5.41) is 0. The number of carbonyl (C=O) groups excluding carboxylic acids is 3. The van der Waals surface area contributed by atoms with Crippen molar-refractivity contribution in [1.82, 2.24) is 13.7 Å². The average molecular weight is 378 g/mol. The summed E-state index contributed by atoms with van der Waals surface area (Å²) in [6.07, 6.45) is 4.77. The fraction of sp³-hybridized carbons (Fsp3) is 0.600. The third-order valence-electron chi connectivity index (χ3n) is 3.53. The van der Waals surface area contributed by atoms with Gasteiger partial charge in [-0.3, -0.25) is 0 Å². The van der Waals surface area contributed by atoms with Crippen LogP contribution in [0.1, 0.15) is 19.3 Å². The fourth-order valence-corrected chi connectivity index (χ4v) is 2.32. The molecule has 0 bridgehead atoms. The zero-order valence-electron chi connectivity index (χ0n) is 14.5. The molecule has 0 atom stereocenters. The first-order valence-electron chi connectivity index (χ1n) is 8.13. The molecule has 1 rings (SSSR count). The Bertz CT molecular complexity index is 800. The maximum Gasteiger partial charge on any atom is 0.336 e. The molecular formula is C15H18N6O6. The number of hydrogen-bond donors (Lipinski definition) is 0. The van der Waals surface area contributed by atoms with Crippen LogP contribution in [0.15, 0.2) is 29.4 Å². The molecule has 27 heavy (non-hydrogen) atoms. The van der Waals surface area contributed by atoms with Crippen molar-refractivity contribution in [3.8, 4) is 0 Å². The lowest BCUT2D eigenvalue weighted by Gasteiger charge is -2.13. The van der Waals surface area contributed by atoms with E-state index in [0.717, 1.165) is 13.7 Å². The highest BCUT2D eigenvalue weighted by Gasteiger charge is 2.14. The lowest BCUT2D eigenvalue weighted by molar-refractivity contribution is 0.430. The van der Waals surface area contributed by atoms with Crippen LogP contribution in [0.5, 0.6) is 0 Å². The van der Waals surface area contributed by atoms with Gasteiger partial charge in [0.15, 0.2) is 0 Å². The molecule has 0 aromatic carbocycles. The minimum absolute atomic E-state index is 0.0396. The lowest BCUT2D eigenvalue weighted by atomic mass is 10.4. The van der Waals surface area contributed by atoms with E-state index in [4.69, 9.17) is 0 Å². The molecular weight excluding hydrogens is 360 g/mol. The van der Waals surface area contributed by atoms with Crippen molar-refractivity contribution in [2.24, 2.45) is 15.0 Å². The first kappa shape index (κ1) is 21.6. The van der Waals surface area contributed by atoms with E-state index < -0.39 is 17.1 Å². The normalized spacial score (nSPS) is 9.78. The first-order valence-corrected chi connectivity index (χ1v) is 8.13. The number of rotatable bonds is 12. The van der Waals surface area contributed by atoms with E-state index in [1.807, 2.05) is 0 Å². The molecule has 0 radical (unpaired) electrons. The standard InChI is InChI=1S/C15H18N6O6/c22-10-16-4-1-7-19-13(25)20(8-2-5-17-11-23)15(27)21(14(19)26)9-3-6-18-12-24/h1-9H2. The van der Waals surface area contributed by atoms with Crippen molar-refractivity contribution in [3.05, 3.63) is 31.5 Å². The third-order valence-corrected chi connectivity index (χ3v) is 3.53. The van der Waals surface area contributed by atoms with Crippen molar-refractivity contribution in [2.45, 2.75) is 38.9 Å². The van der Waals surface area contributed by atoms with Gasteiger partial charge < -0.3 is 0 Å². The van der Waals surface area contributed by atoms with Crippen molar-refractivity contribution in [3.63, 3.8) is 0 Å². The van der Waals surface area contributed by atoms with Crippen LogP contribution in [-0.4, -0.2) is 51.6 Å². The van der Waals surface area contributed by atoms with Gasteiger partial charge in [0.25, 0.3) is 0 Å². The molecule has 0 spiro atoms. The molecule has 0 unspecified atom stereocenters. The van der Waals surface area contributed by atoms with Gasteiger partial charge in [-0.2, -0.15) is 0 Å². The van der Waals surface area contributed by atoms with Gasteiger partial charge in [-0.15, -0.1) is 0 Å². The Morgan fingerprint density at radius 1 is 0.556 bits per heavy atom. The largest absolute Gasteiger partial charge is 0.336 e.